The fourth-order valence-corrected chi connectivity index (χ4v) is 4.49. The number of ketones is 1. The third kappa shape index (κ3) is 3.34. The Labute approximate surface area is 185 Å². The second-order valence-corrected chi connectivity index (χ2v) is 8.34. The van der Waals surface area contributed by atoms with Gasteiger partial charge in [-0.05, 0) is 30.7 Å². The van der Waals surface area contributed by atoms with Crippen molar-refractivity contribution < 1.29 is 4.79 Å². The standard InChI is InChI=1S/C22H16ClN5O2S/c1-13-16(23)6-4-8-18(13)27-9-10-28-20(21(27)30)25-26-22(28)31-12-19(29)15-11-24-17-7-3-2-5-14(15)17/h2-11,24H,12H2,1H3. The zero-order valence-corrected chi connectivity index (χ0v) is 17.9. The van der Waals surface area contributed by atoms with Crippen molar-refractivity contribution in [2.75, 3.05) is 5.75 Å². The third-order valence-electron chi connectivity index (χ3n) is 5.16. The number of H-pyrrole nitrogens is 1. The molecule has 0 saturated carbocycles. The van der Waals surface area contributed by atoms with Crippen molar-refractivity contribution in [1.29, 1.82) is 0 Å². The number of aromatic amines is 1. The van der Waals surface area contributed by atoms with E-state index in [4.69, 9.17) is 11.6 Å². The van der Waals surface area contributed by atoms with Crippen LogP contribution in [0.3, 0.4) is 0 Å². The Kier molecular flexibility index (Phi) is 4.88. The Bertz CT molecular complexity index is 1520. The lowest BCUT2D eigenvalue weighted by Crippen LogP contribution is -2.21. The lowest BCUT2D eigenvalue weighted by Gasteiger charge is -2.10. The van der Waals surface area contributed by atoms with Crippen molar-refractivity contribution in [1.82, 2.24) is 24.1 Å². The number of rotatable bonds is 5. The summed E-state index contributed by atoms with van der Waals surface area (Å²) in [7, 11) is 0. The summed E-state index contributed by atoms with van der Waals surface area (Å²) in [4.78, 5) is 28.9. The highest BCUT2D eigenvalue weighted by Crippen LogP contribution is 2.24. The summed E-state index contributed by atoms with van der Waals surface area (Å²) >= 11 is 7.45. The Hall–Kier alpha value is -3.36. The molecular formula is C22H16ClN5O2S. The minimum Gasteiger partial charge on any atom is -0.360 e. The highest BCUT2D eigenvalue weighted by molar-refractivity contribution is 7.99. The van der Waals surface area contributed by atoms with E-state index < -0.39 is 0 Å². The maximum absolute atomic E-state index is 13.0. The van der Waals surface area contributed by atoms with Crippen LogP contribution in [-0.4, -0.2) is 35.7 Å². The Morgan fingerprint density at radius 3 is 2.84 bits per heavy atom. The van der Waals surface area contributed by atoms with Gasteiger partial charge in [-0.3, -0.25) is 18.6 Å². The van der Waals surface area contributed by atoms with Crippen LogP contribution in [0, 0.1) is 6.92 Å². The maximum Gasteiger partial charge on any atom is 0.300 e. The molecule has 7 nitrogen and oxygen atoms in total. The van der Waals surface area contributed by atoms with E-state index in [2.05, 4.69) is 15.2 Å². The highest BCUT2D eigenvalue weighted by Gasteiger charge is 2.17. The number of carbonyl (C=O) groups excluding carboxylic acids is 1. The smallest absolute Gasteiger partial charge is 0.300 e. The van der Waals surface area contributed by atoms with Gasteiger partial charge in [0.25, 0.3) is 0 Å². The van der Waals surface area contributed by atoms with Gasteiger partial charge in [-0.2, -0.15) is 0 Å². The van der Waals surface area contributed by atoms with Gasteiger partial charge in [0.05, 0.1) is 11.4 Å². The molecule has 9 heteroatoms. The van der Waals surface area contributed by atoms with Gasteiger partial charge in [0, 0.05) is 40.1 Å². The number of nitrogens with one attached hydrogen (secondary N) is 1. The van der Waals surface area contributed by atoms with Crippen molar-refractivity contribution in [3.05, 3.63) is 87.6 Å². The molecule has 0 aliphatic rings. The van der Waals surface area contributed by atoms with Crippen molar-refractivity contribution >= 4 is 45.7 Å². The van der Waals surface area contributed by atoms with Crippen LogP contribution in [0.1, 0.15) is 15.9 Å². The Balaban J connectivity index is 1.44. The molecule has 154 valence electrons. The van der Waals surface area contributed by atoms with Crippen LogP contribution in [0.15, 0.2) is 71.0 Å². The first-order valence-electron chi connectivity index (χ1n) is 9.48. The summed E-state index contributed by atoms with van der Waals surface area (Å²) in [6, 6.07) is 13.1. The molecule has 0 aliphatic heterocycles. The topological polar surface area (TPSA) is 85.1 Å². The van der Waals surface area contributed by atoms with Gasteiger partial charge in [0.2, 0.25) is 5.65 Å². The minimum atomic E-state index is -0.310. The van der Waals surface area contributed by atoms with E-state index in [1.165, 1.54) is 16.3 Å². The van der Waals surface area contributed by atoms with Crippen molar-refractivity contribution in [3.8, 4) is 5.69 Å². The van der Waals surface area contributed by atoms with Crippen LogP contribution < -0.4 is 5.56 Å². The number of benzene rings is 2. The minimum absolute atomic E-state index is 0.0258. The van der Waals surface area contributed by atoms with Gasteiger partial charge in [-0.15, -0.1) is 10.2 Å². The van der Waals surface area contributed by atoms with Crippen molar-refractivity contribution in [2.24, 2.45) is 0 Å². The maximum atomic E-state index is 13.0. The molecule has 0 unspecified atom stereocenters. The largest absolute Gasteiger partial charge is 0.360 e. The Morgan fingerprint density at radius 1 is 1.13 bits per heavy atom. The van der Waals surface area contributed by atoms with E-state index in [1.807, 2.05) is 37.3 Å². The number of fused-ring (bicyclic) bond motifs is 2. The molecule has 0 fully saturated rings. The summed E-state index contributed by atoms with van der Waals surface area (Å²) in [5.74, 6) is 0.154. The van der Waals surface area contributed by atoms with Crippen LogP contribution >= 0.6 is 23.4 Å². The van der Waals surface area contributed by atoms with E-state index in [-0.39, 0.29) is 22.7 Å². The lowest BCUT2D eigenvalue weighted by molar-refractivity contribution is 0.102. The van der Waals surface area contributed by atoms with Crippen molar-refractivity contribution in [2.45, 2.75) is 12.1 Å². The van der Waals surface area contributed by atoms with Gasteiger partial charge >= 0.3 is 5.56 Å². The van der Waals surface area contributed by atoms with E-state index in [1.54, 1.807) is 35.1 Å². The summed E-state index contributed by atoms with van der Waals surface area (Å²) < 4.78 is 3.10. The quantitative estimate of drug-likeness (QED) is 0.319. The molecule has 0 atom stereocenters. The molecule has 0 radical (unpaired) electrons. The highest BCUT2D eigenvalue weighted by atomic mass is 35.5. The number of para-hydroxylation sites is 1. The molecule has 1 N–H and O–H groups in total. The number of aromatic nitrogens is 5. The number of halogens is 1. The van der Waals surface area contributed by atoms with E-state index in [0.717, 1.165) is 16.5 Å². The molecule has 0 bridgehead atoms. The number of hydrogen-bond donors (Lipinski definition) is 1. The van der Waals surface area contributed by atoms with E-state index in [0.29, 0.717) is 21.4 Å². The van der Waals surface area contributed by atoms with Gasteiger partial charge in [0.15, 0.2) is 10.9 Å². The van der Waals surface area contributed by atoms with Crippen LogP contribution in [-0.2, 0) is 0 Å². The zero-order chi connectivity index (χ0) is 21.5. The summed E-state index contributed by atoms with van der Waals surface area (Å²) in [6.07, 6.45) is 5.10. The molecule has 5 rings (SSSR count). The second kappa shape index (κ2) is 7.72. The van der Waals surface area contributed by atoms with Crippen LogP contribution in [0.5, 0.6) is 0 Å². The number of hydrogen-bond acceptors (Lipinski definition) is 5. The molecule has 0 spiro atoms. The Morgan fingerprint density at radius 2 is 1.97 bits per heavy atom. The van der Waals surface area contributed by atoms with Crippen LogP contribution in [0.4, 0.5) is 0 Å². The summed E-state index contributed by atoms with van der Waals surface area (Å²) in [5, 5.41) is 10.1. The average molecular weight is 450 g/mol. The number of Topliss-reactive ketones (excluding diaryl/α,β-unsaturated/α-hetero) is 1. The number of thioether (sulfide) groups is 1. The molecular weight excluding hydrogens is 434 g/mol. The fraction of sp³-hybridized carbons (Fsp3) is 0.0909. The van der Waals surface area contributed by atoms with Crippen LogP contribution in [0.2, 0.25) is 5.02 Å². The predicted molar refractivity (Wildman–Crippen MR) is 122 cm³/mol. The normalized spacial score (nSPS) is 11.4. The number of nitrogens with zero attached hydrogens (tertiary/aromatic N) is 4. The monoisotopic (exact) mass is 449 g/mol. The number of carbonyl (C=O) groups is 1. The molecule has 5 aromatic rings. The first-order chi connectivity index (χ1) is 15.0. The molecule has 3 heterocycles. The van der Waals surface area contributed by atoms with Crippen LogP contribution in [0.25, 0.3) is 22.2 Å². The predicted octanol–water partition coefficient (Wildman–Crippen LogP) is 4.30. The molecule has 2 aromatic carbocycles. The first-order valence-corrected chi connectivity index (χ1v) is 10.8. The SMILES string of the molecule is Cc1c(Cl)cccc1-n1ccn2c(SCC(=O)c3c[nH]c4ccccc34)nnc2c1=O. The van der Waals surface area contributed by atoms with E-state index in [9.17, 15) is 9.59 Å². The van der Waals surface area contributed by atoms with Gasteiger partial charge < -0.3 is 4.98 Å². The molecule has 0 aliphatic carbocycles. The summed E-state index contributed by atoms with van der Waals surface area (Å²) in [6.45, 7) is 1.86. The molecule has 0 amide bonds. The van der Waals surface area contributed by atoms with Gasteiger partial charge in [-0.1, -0.05) is 47.6 Å². The molecule has 0 saturated heterocycles. The first kappa shape index (κ1) is 19.6. The fourth-order valence-electron chi connectivity index (χ4n) is 3.52. The van der Waals surface area contributed by atoms with E-state index >= 15 is 0 Å². The third-order valence-corrected chi connectivity index (χ3v) is 6.51. The molecule has 3 aromatic heterocycles. The average Bonchev–Trinajstić information content (AvgIpc) is 3.39. The summed E-state index contributed by atoms with van der Waals surface area (Å²) in [5.41, 5.74) is 2.91. The molecule has 31 heavy (non-hydrogen) atoms. The van der Waals surface area contributed by atoms with Gasteiger partial charge in [-0.25, -0.2) is 0 Å². The lowest BCUT2D eigenvalue weighted by atomic mass is 10.1. The van der Waals surface area contributed by atoms with Crippen molar-refractivity contribution in [3.63, 3.8) is 0 Å². The zero-order valence-electron chi connectivity index (χ0n) is 16.4. The second-order valence-electron chi connectivity index (χ2n) is 6.99. The van der Waals surface area contributed by atoms with Gasteiger partial charge in [0.1, 0.15) is 0 Å².